The number of fused-ring (bicyclic) bond motifs is 5. The van der Waals surface area contributed by atoms with Gasteiger partial charge in [-0.25, -0.2) is 0 Å². The Morgan fingerprint density at radius 1 is 1.00 bits per heavy atom. The van der Waals surface area contributed by atoms with Gasteiger partial charge in [-0.2, -0.15) is 0 Å². The summed E-state index contributed by atoms with van der Waals surface area (Å²) >= 11 is 0. The van der Waals surface area contributed by atoms with E-state index in [1.54, 1.807) is 13.2 Å². The first kappa shape index (κ1) is 25.5. The van der Waals surface area contributed by atoms with Crippen LogP contribution in [0.4, 0.5) is 0 Å². The first-order valence-corrected chi connectivity index (χ1v) is 18.1. The lowest BCUT2D eigenvalue weighted by Gasteiger charge is -2.56. The fourth-order valence-corrected chi connectivity index (χ4v) is 10.7. The Bertz CT molecular complexity index is 1330. The van der Waals surface area contributed by atoms with E-state index < -0.39 is 13.9 Å². The number of carbonyl (C=O) groups excluding carboxylic acids is 2. The van der Waals surface area contributed by atoms with Crippen LogP contribution in [0.2, 0.25) is 19.6 Å². The lowest BCUT2D eigenvalue weighted by Crippen LogP contribution is -2.60. The molecule has 6 heteroatoms. The smallest absolute Gasteiger partial charge is 0.306 e. The molecule has 5 nitrogen and oxygen atoms in total. The lowest BCUT2D eigenvalue weighted by molar-refractivity contribution is -0.159. The van der Waals surface area contributed by atoms with Crippen LogP contribution in [-0.4, -0.2) is 38.9 Å². The van der Waals surface area contributed by atoms with Crippen LogP contribution in [0.25, 0.3) is 5.57 Å². The van der Waals surface area contributed by atoms with Gasteiger partial charge in [0, 0.05) is 41.9 Å². The molecule has 1 aromatic carbocycles. The number of ether oxygens (including phenoxy) is 2. The van der Waals surface area contributed by atoms with Gasteiger partial charge in [0.2, 0.25) is 0 Å². The highest BCUT2D eigenvalue weighted by molar-refractivity contribution is 6.69. The number of rotatable bonds is 4. The Balaban J connectivity index is 1.54. The Morgan fingerprint density at radius 3 is 2.41 bits per heavy atom. The van der Waals surface area contributed by atoms with E-state index in [9.17, 15) is 9.59 Å². The number of esters is 1. The molecule has 1 heterocycles. The van der Waals surface area contributed by atoms with Gasteiger partial charge < -0.3 is 13.9 Å². The number of hydrogen-bond acceptors (Lipinski definition) is 5. The molecule has 39 heavy (non-hydrogen) atoms. The molecule has 2 saturated carbocycles. The van der Waals surface area contributed by atoms with Gasteiger partial charge in [-0.05, 0) is 73.3 Å². The topological polar surface area (TPSA) is 61.8 Å². The van der Waals surface area contributed by atoms with Crippen LogP contribution in [0.15, 0.2) is 54.1 Å². The summed E-state index contributed by atoms with van der Waals surface area (Å²) in [6.07, 6.45) is 14.0. The molecule has 6 aliphatic rings. The molecule has 206 valence electrons. The van der Waals surface area contributed by atoms with Gasteiger partial charge in [-0.3, -0.25) is 9.59 Å². The third kappa shape index (κ3) is 3.34. The number of allylic oxidation sites excluding steroid dienone is 4. The van der Waals surface area contributed by atoms with E-state index in [1.807, 2.05) is 18.2 Å². The predicted octanol–water partition coefficient (Wildman–Crippen LogP) is 6.51. The minimum absolute atomic E-state index is 0.0549. The largest absolute Gasteiger partial charge is 0.497 e. The highest BCUT2D eigenvalue weighted by atomic mass is 28.4. The fraction of sp³-hybridized carbons (Fsp3) is 0.576. The van der Waals surface area contributed by atoms with E-state index in [4.69, 9.17) is 13.9 Å². The third-order valence-electron chi connectivity index (χ3n) is 11.1. The first-order valence-electron chi connectivity index (χ1n) is 14.7. The zero-order chi connectivity index (χ0) is 27.4. The molecular weight excluding hydrogens is 504 g/mol. The number of methoxy groups -OCH3 is 1. The summed E-state index contributed by atoms with van der Waals surface area (Å²) in [5, 5.41) is 0. The molecule has 0 N–H and O–H groups in total. The monoisotopic (exact) mass is 544 g/mol. The summed E-state index contributed by atoms with van der Waals surface area (Å²) in [4.78, 5) is 26.9. The van der Waals surface area contributed by atoms with Crippen molar-refractivity contribution < 1.29 is 23.5 Å². The lowest BCUT2D eigenvalue weighted by atomic mass is 9.49. The average Bonchev–Trinajstić information content (AvgIpc) is 3.49. The summed E-state index contributed by atoms with van der Waals surface area (Å²) in [5.41, 5.74) is 3.01. The quantitative estimate of drug-likeness (QED) is 0.246. The van der Waals surface area contributed by atoms with Crippen molar-refractivity contribution in [1.82, 2.24) is 0 Å². The average molecular weight is 545 g/mol. The van der Waals surface area contributed by atoms with Crippen molar-refractivity contribution in [3.8, 4) is 5.75 Å². The zero-order valence-corrected chi connectivity index (χ0v) is 24.8. The molecule has 2 bridgehead atoms. The normalized spacial score (nSPS) is 42.0. The molecule has 0 radical (unpaired) electrons. The van der Waals surface area contributed by atoms with E-state index in [0.29, 0.717) is 12.8 Å². The van der Waals surface area contributed by atoms with E-state index in [2.05, 4.69) is 50.8 Å². The minimum Gasteiger partial charge on any atom is -0.497 e. The van der Waals surface area contributed by atoms with Crippen molar-refractivity contribution in [3.63, 3.8) is 0 Å². The van der Waals surface area contributed by atoms with Crippen molar-refractivity contribution in [1.29, 1.82) is 0 Å². The van der Waals surface area contributed by atoms with Gasteiger partial charge in [0.25, 0.3) is 0 Å². The number of hydrogen-bond donors (Lipinski definition) is 0. The molecular formula is C33H40O5Si. The maximum atomic E-state index is 14.1. The van der Waals surface area contributed by atoms with Crippen LogP contribution in [0, 0.1) is 34.5 Å². The van der Waals surface area contributed by atoms with Gasteiger partial charge in [-0.1, -0.05) is 49.6 Å². The zero-order valence-electron chi connectivity index (χ0n) is 23.8. The maximum Gasteiger partial charge on any atom is 0.306 e. The van der Waals surface area contributed by atoms with E-state index in [0.717, 1.165) is 17.7 Å². The van der Waals surface area contributed by atoms with Crippen molar-refractivity contribution in [2.45, 2.75) is 76.8 Å². The number of carbonyl (C=O) groups is 2. The van der Waals surface area contributed by atoms with Gasteiger partial charge in [0.1, 0.15) is 11.4 Å². The Kier molecular flexibility index (Phi) is 5.43. The Hall–Kier alpha value is -2.44. The highest BCUT2D eigenvalue weighted by Gasteiger charge is 2.73. The second-order valence-corrected chi connectivity index (χ2v) is 18.4. The van der Waals surface area contributed by atoms with Crippen LogP contribution in [0.1, 0.15) is 51.0 Å². The van der Waals surface area contributed by atoms with Gasteiger partial charge in [-0.15, -0.1) is 0 Å². The van der Waals surface area contributed by atoms with E-state index >= 15 is 0 Å². The second-order valence-electron chi connectivity index (χ2n) is 13.9. The summed E-state index contributed by atoms with van der Waals surface area (Å²) in [7, 11) is -0.403. The van der Waals surface area contributed by atoms with Crippen LogP contribution in [0.3, 0.4) is 0 Å². The van der Waals surface area contributed by atoms with Crippen LogP contribution in [-0.2, 0) is 18.8 Å². The summed E-state index contributed by atoms with van der Waals surface area (Å²) in [6.45, 7) is 9.14. The fourth-order valence-electron chi connectivity index (χ4n) is 9.67. The molecule has 3 fully saturated rings. The van der Waals surface area contributed by atoms with Gasteiger partial charge in [0.05, 0.1) is 13.2 Å². The van der Waals surface area contributed by atoms with Crippen molar-refractivity contribution in [3.05, 3.63) is 59.7 Å². The molecule has 7 rings (SSSR count). The second kappa shape index (κ2) is 8.29. The highest BCUT2D eigenvalue weighted by Crippen LogP contribution is 2.77. The number of benzene rings is 1. The van der Waals surface area contributed by atoms with Gasteiger partial charge in [0.15, 0.2) is 14.1 Å². The molecule has 5 aliphatic carbocycles. The summed E-state index contributed by atoms with van der Waals surface area (Å²) < 4.78 is 19.0. The van der Waals surface area contributed by atoms with E-state index in [-0.39, 0.29) is 52.4 Å². The summed E-state index contributed by atoms with van der Waals surface area (Å²) in [6, 6.07) is 8.38. The van der Waals surface area contributed by atoms with Crippen LogP contribution in [0.5, 0.6) is 5.75 Å². The van der Waals surface area contributed by atoms with Crippen molar-refractivity contribution >= 4 is 25.6 Å². The number of ketones is 1. The molecule has 1 aromatic rings. The molecule has 0 amide bonds. The molecule has 0 aromatic heterocycles. The molecule has 1 aliphatic heterocycles. The summed E-state index contributed by atoms with van der Waals surface area (Å²) in [5.74, 6) is 0.704. The minimum atomic E-state index is -2.10. The molecule has 8 atom stereocenters. The Morgan fingerprint density at radius 2 is 1.74 bits per heavy atom. The van der Waals surface area contributed by atoms with Crippen molar-refractivity contribution in [2.75, 3.05) is 7.11 Å². The molecule has 1 spiro atoms. The predicted molar refractivity (Wildman–Crippen MR) is 152 cm³/mol. The van der Waals surface area contributed by atoms with Crippen LogP contribution >= 0.6 is 0 Å². The van der Waals surface area contributed by atoms with E-state index in [1.165, 1.54) is 30.4 Å². The van der Waals surface area contributed by atoms with Gasteiger partial charge >= 0.3 is 5.97 Å². The Labute approximate surface area is 232 Å². The SMILES string of the molecule is COc1ccc(C2=C3[C@H]4C=C[C@@]5(CCCC[C@]45C)[C@@H]3[C@@H]3C(=O)C=C[C@@]4(CCC(=O)O4)[C@@H]3C2O[Si](C)(C)C)cc1. The first-order chi connectivity index (χ1) is 18.5. The third-order valence-corrected chi connectivity index (χ3v) is 12.1. The molecule has 1 unspecified atom stereocenters. The van der Waals surface area contributed by atoms with Crippen LogP contribution < -0.4 is 4.74 Å². The maximum absolute atomic E-state index is 14.1. The standard InChI is InChI=1S/C33H40O5Si/c1-31-15-6-7-16-32(31)17-12-22(31)26-25(20-8-10-21(36-2)11-9-20)30(38-39(3,4)5)29-27(28(26)32)23(34)13-18-33(29)19-14-24(35)37-33/h8-13,17-18,22,27-30H,6-7,14-16,19H2,1-5H3/t22-,27+,28+,29+,30?,31-,32+,33-/m1/s1. The van der Waals surface area contributed by atoms with Crippen molar-refractivity contribution in [2.24, 2.45) is 34.5 Å². The molecule has 1 saturated heterocycles.